The largest absolute Gasteiger partial charge is 0.494 e. The summed E-state index contributed by atoms with van der Waals surface area (Å²) in [5, 5.41) is 8.93. The second-order valence-corrected chi connectivity index (χ2v) is 10.3. The molecule has 0 aromatic heterocycles. The zero-order valence-corrected chi connectivity index (χ0v) is 23.3. The molecule has 2 atom stereocenters. The standard InChI is InChI=1S/C29H29BrF3N3O4/c1-19-28(17-20-6-10-24(30)11-7-20,27(38)36-34-18-21-4-2-5-23(16-21)29(31,32)33)35-26(40-19)22-8-12-25(13-9-22)39-15-3-14-37/h2,4-13,16,19,34,37H,3,14-15,17-18H2,1H3,(H,36,38)/t19-,28-/m0/s1. The molecule has 0 spiro atoms. The number of hydrogen-bond acceptors (Lipinski definition) is 6. The molecule has 0 saturated heterocycles. The molecule has 0 aliphatic carbocycles. The molecule has 11 heteroatoms. The Hall–Kier alpha value is -3.41. The lowest BCUT2D eigenvalue weighted by atomic mass is 9.86. The van der Waals surface area contributed by atoms with E-state index in [-0.39, 0.29) is 19.6 Å². The van der Waals surface area contributed by atoms with Crippen molar-refractivity contribution in [1.29, 1.82) is 0 Å². The fourth-order valence-electron chi connectivity index (χ4n) is 4.25. The number of aliphatic hydroxyl groups excluding tert-OH is 1. The molecule has 0 saturated carbocycles. The van der Waals surface area contributed by atoms with Gasteiger partial charge in [-0.15, -0.1) is 0 Å². The van der Waals surface area contributed by atoms with Gasteiger partial charge in [-0.2, -0.15) is 13.2 Å². The van der Waals surface area contributed by atoms with E-state index >= 15 is 0 Å². The number of nitrogens with zero attached hydrogens (tertiary/aromatic N) is 1. The van der Waals surface area contributed by atoms with Crippen molar-refractivity contribution < 1.29 is 32.5 Å². The van der Waals surface area contributed by atoms with Crippen molar-refractivity contribution in [3.63, 3.8) is 0 Å². The third kappa shape index (κ3) is 7.21. The number of aliphatic hydroxyl groups is 1. The molecule has 7 nitrogen and oxygen atoms in total. The SMILES string of the molecule is C[C@@H]1OC(c2ccc(OCCCO)cc2)=N[C@]1(Cc1ccc(Br)cc1)C(=O)NNCc1cccc(C(F)(F)F)c1. The van der Waals surface area contributed by atoms with E-state index < -0.39 is 29.3 Å². The normalized spacial score (nSPS) is 18.6. The van der Waals surface area contributed by atoms with Crippen molar-refractivity contribution >= 4 is 27.7 Å². The van der Waals surface area contributed by atoms with Gasteiger partial charge in [-0.25, -0.2) is 10.4 Å². The number of carbonyl (C=O) groups excluding carboxylic acids is 1. The Balaban J connectivity index is 1.54. The number of hydrazine groups is 1. The molecule has 0 radical (unpaired) electrons. The van der Waals surface area contributed by atoms with Crippen LogP contribution in [0.25, 0.3) is 0 Å². The first-order valence-corrected chi connectivity index (χ1v) is 13.4. The van der Waals surface area contributed by atoms with Gasteiger partial charge in [-0.05, 0) is 60.5 Å². The number of nitrogens with one attached hydrogen (secondary N) is 2. The Morgan fingerprint density at radius 3 is 2.50 bits per heavy atom. The molecule has 40 heavy (non-hydrogen) atoms. The first kappa shape index (κ1) is 29.6. The molecule has 4 rings (SSSR count). The first-order valence-electron chi connectivity index (χ1n) is 12.7. The molecule has 0 bridgehead atoms. The van der Waals surface area contributed by atoms with Crippen LogP contribution in [0.15, 0.2) is 82.3 Å². The fourth-order valence-corrected chi connectivity index (χ4v) is 4.51. The van der Waals surface area contributed by atoms with Gasteiger partial charge in [-0.1, -0.05) is 46.3 Å². The van der Waals surface area contributed by atoms with E-state index in [4.69, 9.17) is 19.6 Å². The van der Waals surface area contributed by atoms with Crippen LogP contribution in [0, 0.1) is 0 Å². The summed E-state index contributed by atoms with van der Waals surface area (Å²) in [6, 6.07) is 19.5. The molecule has 1 amide bonds. The summed E-state index contributed by atoms with van der Waals surface area (Å²) in [6.07, 6.45) is -4.36. The number of hydrogen-bond donors (Lipinski definition) is 3. The lowest BCUT2D eigenvalue weighted by Crippen LogP contribution is -2.55. The van der Waals surface area contributed by atoms with Crippen molar-refractivity contribution in [3.05, 3.63) is 99.5 Å². The highest BCUT2D eigenvalue weighted by Crippen LogP contribution is 2.33. The van der Waals surface area contributed by atoms with Crippen LogP contribution in [0.5, 0.6) is 5.75 Å². The second kappa shape index (κ2) is 12.8. The average Bonchev–Trinajstić information content (AvgIpc) is 3.27. The molecule has 0 unspecified atom stereocenters. The zero-order valence-electron chi connectivity index (χ0n) is 21.7. The van der Waals surface area contributed by atoms with E-state index in [0.717, 1.165) is 22.2 Å². The smallest absolute Gasteiger partial charge is 0.416 e. The highest BCUT2D eigenvalue weighted by Gasteiger charge is 2.50. The summed E-state index contributed by atoms with van der Waals surface area (Å²) in [7, 11) is 0. The van der Waals surface area contributed by atoms with Gasteiger partial charge < -0.3 is 14.6 Å². The molecule has 212 valence electrons. The molecule has 3 N–H and O–H groups in total. The average molecular weight is 620 g/mol. The van der Waals surface area contributed by atoms with Gasteiger partial charge >= 0.3 is 6.18 Å². The van der Waals surface area contributed by atoms with Crippen LogP contribution < -0.4 is 15.6 Å². The highest BCUT2D eigenvalue weighted by molar-refractivity contribution is 9.10. The van der Waals surface area contributed by atoms with Crippen molar-refractivity contribution in [2.24, 2.45) is 4.99 Å². The quantitative estimate of drug-likeness (QED) is 0.203. The van der Waals surface area contributed by atoms with Crippen LogP contribution in [-0.2, 0) is 28.7 Å². The van der Waals surface area contributed by atoms with Crippen LogP contribution in [0.3, 0.4) is 0 Å². The lowest BCUT2D eigenvalue weighted by molar-refractivity contribution is -0.137. The van der Waals surface area contributed by atoms with Crippen LogP contribution in [0.2, 0.25) is 0 Å². The zero-order chi connectivity index (χ0) is 28.8. The number of aliphatic imine (C=N–C) groups is 1. The number of rotatable bonds is 11. The Labute approximate surface area is 238 Å². The number of amides is 1. The topological polar surface area (TPSA) is 92.2 Å². The van der Waals surface area contributed by atoms with E-state index in [1.165, 1.54) is 6.07 Å². The van der Waals surface area contributed by atoms with Gasteiger partial charge in [0.2, 0.25) is 5.90 Å². The first-order chi connectivity index (χ1) is 19.1. The maximum Gasteiger partial charge on any atom is 0.416 e. The molecule has 3 aromatic rings. The minimum atomic E-state index is -4.46. The predicted molar refractivity (Wildman–Crippen MR) is 148 cm³/mol. The highest BCUT2D eigenvalue weighted by atomic mass is 79.9. The Kier molecular flexibility index (Phi) is 9.49. The number of alkyl halides is 3. The van der Waals surface area contributed by atoms with Gasteiger partial charge in [0.15, 0.2) is 5.54 Å². The maximum atomic E-state index is 13.7. The molecule has 0 fully saturated rings. The van der Waals surface area contributed by atoms with E-state index in [2.05, 4.69) is 26.8 Å². The van der Waals surface area contributed by atoms with Crippen molar-refractivity contribution in [2.75, 3.05) is 13.2 Å². The second-order valence-electron chi connectivity index (χ2n) is 9.36. The monoisotopic (exact) mass is 619 g/mol. The van der Waals surface area contributed by atoms with Crippen LogP contribution in [0.4, 0.5) is 13.2 Å². The Morgan fingerprint density at radius 2 is 1.82 bits per heavy atom. The van der Waals surface area contributed by atoms with Gasteiger partial charge in [-0.3, -0.25) is 10.2 Å². The van der Waals surface area contributed by atoms with Crippen molar-refractivity contribution in [3.8, 4) is 5.75 Å². The number of benzene rings is 3. The summed E-state index contributed by atoms with van der Waals surface area (Å²) in [4.78, 5) is 18.4. The van der Waals surface area contributed by atoms with Crippen LogP contribution in [-0.4, -0.2) is 41.8 Å². The molecular formula is C29H29BrF3N3O4. The minimum absolute atomic E-state index is 0.0203. The number of carbonyl (C=O) groups is 1. The van der Waals surface area contributed by atoms with Gasteiger partial charge in [0, 0.05) is 36.0 Å². The molecule has 1 aliphatic rings. The van der Waals surface area contributed by atoms with E-state index in [0.29, 0.717) is 35.8 Å². The summed E-state index contributed by atoms with van der Waals surface area (Å²) in [5.74, 6) is 0.440. The predicted octanol–water partition coefficient (Wildman–Crippen LogP) is 5.20. The molecule has 1 heterocycles. The summed E-state index contributed by atoms with van der Waals surface area (Å²) in [6.45, 7) is 2.16. The lowest BCUT2D eigenvalue weighted by Gasteiger charge is -2.28. The third-order valence-corrected chi connectivity index (χ3v) is 6.99. The Bertz CT molecular complexity index is 1330. The van der Waals surface area contributed by atoms with Crippen molar-refractivity contribution in [1.82, 2.24) is 10.9 Å². The van der Waals surface area contributed by atoms with Gasteiger partial charge in [0.05, 0.1) is 12.2 Å². The van der Waals surface area contributed by atoms with Crippen LogP contribution in [0.1, 0.15) is 35.6 Å². The third-order valence-electron chi connectivity index (χ3n) is 6.46. The summed E-state index contributed by atoms with van der Waals surface area (Å²) < 4.78 is 51.8. The van der Waals surface area contributed by atoms with E-state index in [9.17, 15) is 18.0 Å². The molecular weight excluding hydrogens is 591 g/mol. The summed E-state index contributed by atoms with van der Waals surface area (Å²) in [5.41, 5.74) is 5.14. The minimum Gasteiger partial charge on any atom is -0.494 e. The van der Waals surface area contributed by atoms with Gasteiger partial charge in [0.25, 0.3) is 5.91 Å². The molecule has 1 aliphatic heterocycles. The summed E-state index contributed by atoms with van der Waals surface area (Å²) >= 11 is 3.42. The Morgan fingerprint density at radius 1 is 1.10 bits per heavy atom. The maximum absolute atomic E-state index is 13.7. The van der Waals surface area contributed by atoms with Crippen molar-refractivity contribution in [2.45, 2.75) is 44.1 Å². The van der Waals surface area contributed by atoms with E-state index in [1.807, 2.05) is 24.3 Å². The molecule has 3 aromatic carbocycles. The van der Waals surface area contributed by atoms with Gasteiger partial charge in [0.1, 0.15) is 11.9 Å². The number of halogens is 4. The van der Waals surface area contributed by atoms with Crippen LogP contribution >= 0.6 is 15.9 Å². The fraction of sp³-hybridized carbons (Fsp3) is 0.310. The number of ether oxygens (including phenoxy) is 2. The van der Waals surface area contributed by atoms with E-state index in [1.54, 1.807) is 37.3 Å².